The van der Waals surface area contributed by atoms with Crippen LogP contribution in [-0.2, 0) is 17.8 Å². The summed E-state index contributed by atoms with van der Waals surface area (Å²) in [4.78, 5) is 42.4. The van der Waals surface area contributed by atoms with Crippen molar-refractivity contribution in [3.05, 3.63) is 64.3 Å². The van der Waals surface area contributed by atoms with E-state index < -0.39 is 11.9 Å². The van der Waals surface area contributed by atoms with E-state index in [0.29, 0.717) is 25.1 Å². The van der Waals surface area contributed by atoms with Crippen molar-refractivity contribution in [1.29, 1.82) is 0 Å². The Bertz CT molecular complexity index is 1230. The highest BCUT2D eigenvalue weighted by Gasteiger charge is 2.44. The van der Waals surface area contributed by atoms with Crippen LogP contribution in [0.25, 0.3) is 10.9 Å². The number of hydrogen-bond acceptors (Lipinski definition) is 4. The summed E-state index contributed by atoms with van der Waals surface area (Å²) in [7, 11) is 1.49. The van der Waals surface area contributed by atoms with Crippen LogP contribution in [0.5, 0.6) is 5.75 Å². The predicted molar refractivity (Wildman–Crippen MR) is 107 cm³/mol. The maximum absolute atomic E-state index is 12.9. The Labute approximate surface area is 171 Å². The van der Waals surface area contributed by atoms with E-state index in [2.05, 4.69) is 4.98 Å². The summed E-state index contributed by atoms with van der Waals surface area (Å²) in [6, 6.07) is 9.59. The Morgan fingerprint density at radius 3 is 2.60 bits per heavy atom. The minimum atomic E-state index is -0.995. The van der Waals surface area contributed by atoms with Gasteiger partial charge < -0.3 is 20.1 Å². The SMILES string of the molecule is CN1C(=O)C2CN(Cc3[nH]c4ccc(O)c(Cc5ccc(C(=O)O)cc5)c4c32)C1=O. The van der Waals surface area contributed by atoms with Crippen molar-refractivity contribution >= 4 is 28.8 Å². The molecule has 1 fully saturated rings. The number of likely N-dealkylation sites (N-methyl/N-ethyl adjacent to an activating group) is 1. The molecule has 1 aromatic heterocycles. The molecule has 3 N–H and O–H groups in total. The standard InChI is InChI=1S/C22H19N3O5/c1-24-20(27)14-9-25(22(24)30)10-16-19(14)18-13(17(26)7-6-15(18)23-16)8-11-2-4-12(5-3-11)21(28)29/h2-7,14,23,26H,8-10H2,1H3,(H,28,29). The van der Waals surface area contributed by atoms with Gasteiger partial charge in [0.25, 0.3) is 0 Å². The third kappa shape index (κ3) is 2.57. The molecule has 2 aliphatic rings. The fraction of sp³-hybridized carbons (Fsp3) is 0.227. The number of aromatic hydroxyl groups is 1. The van der Waals surface area contributed by atoms with Gasteiger partial charge in [0.1, 0.15) is 5.75 Å². The molecule has 3 heterocycles. The number of rotatable bonds is 3. The second-order valence-electron chi connectivity index (χ2n) is 7.79. The minimum Gasteiger partial charge on any atom is -0.508 e. The Hall–Kier alpha value is -3.81. The smallest absolute Gasteiger partial charge is 0.335 e. The average Bonchev–Trinajstić information content (AvgIpc) is 3.11. The first-order valence-electron chi connectivity index (χ1n) is 9.59. The van der Waals surface area contributed by atoms with Crippen molar-refractivity contribution in [1.82, 2.24) is 14.8 Å². The maximum atomic E-state index is 12.9. The number of amides is 3. The number of carbonyl (C=O) groups is 3. The minimum absolute atomic E-state index is 0.113. The van der Waals surface area contributed by atoms with Crippen molar-refractivity contribution in [3.63, 3.8) is 0 Å². The summed E-state index contributed by atoms with van der Waals surface area (Å²) in [5, 5.41) is 20.5. The van der Waals surface area contributed by atoms with Gasteiger partial charge in [0, 0.05) is 42.2 Å². The van der Waals surface area contributed by atoms with Crippen LogP contribution >= 0.6 is 0 Å². The van der Waals surface area contributed by atoms with E-state index in [4.69, 9.17) is 5.11 Å². The summed E-state index contributed by atoms with van der Waals surface area (Å²) in [6.07, 6.45) is 0.382. The molecule has 2 aliphatic heterocycles. The van der Waals surface area contributed by atoms with Gasteiger partial charge in [-0.15, -0.1) is 0 Å². The van der Waals surface area contributed by atoms with Crippen molar-refractivity contribution in [2.75, 3.05) is 13.6 Å². The number of aromatic carboxylic acids is 1. The highest BCUT2D eigenvalue weighted by molar-refractivity contribution is 6.04. The van der Waals surface area contributed by atoms with Gasteiger partial charge in [-0.05, 0) is 35.4 Å². The summed E-state index contributed by atoms with van der Waals surface area (Å²) < 4.78 is 0. The number of fused-ring (bicyclic) bond motifs is 6. The van der Waals surface area contributed by atoms with Gasteiger partial charge in [-0.1, -0.05) is 12.1 Å². The normalized spacial score (nSPS) is 18.1. The molecule has 8 heteroatoms. The Morgan fingerprint density at radius 2 is 1.90 bits per heavy atom. The number of imide groups is 1. The molecular weight excluding hydrogens is 386 g/mol. The van der Waals surface area contributed by atoms with Crippen LogP contribution in [0.4, 0.5) is 4.79 Å². The lowest BCUT2D eigenvalue weighted by molar-refractivity contribution is -0.132. The van der Waals surface area contributed by atoms with Crippen molar-refractivity contribution < 1.29 is 24.6 Å². The van der Waals surface area contributed by atoms with E-state index in [1.165, 1.54) is 19.2 Å². The number of nitrogens with one attached hydrogen (secondary N) is 1. The zero-order valence-corrected chi connectivity index (χ0v) is 16.2. The number of aromatic amines is 1. The number of aromatic nitrogens is 1. The lowest BCUT2D eigenvalue weighted by atomic mass is 9.86. The summed E-state index contributed by atoms with van der Waals surface area (Å²) in [5.41, 5.74) is 4.15. The molecule has 2 aromatic carbocycles. The van der Waals surface area contributed by atoms with Gasteiger partial charge in [-0.3, -0.25) is 9.69 Å². The van der Waals surface area contributed by atoms with Crippen LogP contribution in [0, 0.1) is 0 Å². The number of phenolic OH excluding ortho intramolecular Hbond substituents is 1. The molecule has 2 bridgehead atoms. The Balaban J connectivity index is 1.65. The topological polar surface area (TPSA) is 114 Å². The number of carbonyl (C=O) groups excluding carboxylic acids is 2. The molecule has 3 amide bonds. The number of urea groups is 1. The van der Waals surface area contributed by atoms with Gasteiger partial charge in [-0.2, -0.15) is 0 Å². The molecule has 3 aromatic rings. The monoisotopic (exact) mass is 405 g/mol. The highest BCUT2D eigenvalue weighted by atomic mass is 16.4. The number of phenols is 1. The third-order valence-electron chi connectivity index (χ3n) is 6.04. The zero-order valence-electron chi connectivity index (χ0n) is 16.2. The highest BCUT2D eigenvalue weighted by Crippen LogP contribution is 2.42. The van der Waals surface area contributed by atoms with E-state index in [1.807, 2.05) is 0 Å². The summed E-state index contributed by atoms with van der Waals surface area (Å²) in [6.45, 7) is 0.703. The van der Waals surface area contributed by atoms with Crippen LogP contribution < -0.4 is 0 Å². The molecule has 8 nitrogen and oxygen atoms in total. The second kappa shape index (κ2) is 6.35. The van der Waals surface area contributed by atoms with Gasteiger partial charge >= 0.3 is 12.0 Å². The largest absolute Gasteiger partial charge is 0.508 e. The molecule has 0 radical (unpaired) electrons. The van der Waals surface area contributed by atoms with Crippen LogP contribution in [0.3, 0.4) is 0 Å². The predicted octanol–water partition coefficient (Wildman–Crippen LogP) is 2.65. The fourth-order valence-electron chi connectivity index (χ4n) is 4.54. The third-order valence-corrected chi connectivity index (χ3v) is 6.04. The van der Waals surface area contributed by atoms with Crippen LogP contribution in [0.2, 0.25) is 0 Å². The Morgan fingerprint density at radius 1 is 1.17 bits per heavy atom. The number of benzene rings is 2. The first-order chi connectivity index (χ1) is 14.3. The van der Waals surface area contributed by atoms with E-state index >= 15 is 0 Å². The number of carboxylic acid groups (broad SMARTS) is 1. The molecule has 30 heavy (non-hydrogen) atoms. The molecular formula is C22H19N3O5. The Kier molecular flexibility index (Phi) is 3.86. The number of carboxylic acids is 1. The van der Waals surface area contributed by atoms with E-state index in [-0.39, 0.29) is 23.3 Å². The molecule has 5 rings (SSSR count). The molecule has 1 saturated heterocycles. The van der Waals surface area contributed by atoms with E-state index in [0.717, 1.165) is 32.6 Å². The quantitative estimate of drug-likeness (QED) is 0.620. The molecule has 1 unspecified atom stereocenters. The average molecular weight is 405 g/mol. The van der Waals surface area contributed by atoms with Gasteiger partial charge in [0.15, 0.2) is 0 Å². The number of nitrogens with zero attached hydrogens (tertiary/aromatic N) is 2. The molecule has 0 aliphatic carbocycles. The number of hydrogen-bond donors (Lipinski definition) is 3. The number of H-pyrrole nitrogens is 1. The van der Waals surface area contributed by atoms with Gasteiger partial charge in [0.05, 0.1) is 18.0 Å². The van der Waals surface area contributed by atoms with Crippen molar-refractivity contribution in [3.8, 4) is 5.75 Å². The first kappa shape index (κ1) is 18.2. The molecule has 1 atom stereocenters. The molecule has 0 saturated carbocycles. The van der Waals surface area contributed by atoms with Crippen LogP contribution in [0.15, 0.2) is 36.4 Å². The van der Waals surface area contributed by atoms with Crippen LogP contribution in [-0.4, -0.2) is 56.5 Å². The second-order valence-corrected chi connectivity index (χ2v) is 7.79. The van der Waals surface area contributed by atoms with Gasteiger partial charge in [-0.25, -0.2) is 9.59 Å². The molecule has 152 valence electrons. The van der Waals surface area contributed by atoms with Crippen LogP contribution in [0.1, 0.15) is 38.7 Å². The molecule has 0 spiro atoms. The van der Waals surface area contributed by atoms with E-state index in [9.17, 15) is 19.5 Å². The first-order valence-corrected chi connectivity index (χ1v) is 9.59. The maximum Gasteiger partial charge on any atom is 0.335 e. The fourth-order valence-corrected chi connectivity index (χ4v) is 4.54. The lowest BCUT2D eigenvalue weighted by Gasteiger charge is -2.40. The summed E-state index contributed by atoms with van der Waals surface area (Å²) >= 11 is 0. The summed E-state index contributed by atoms with van der Waals surface area (Å²) in [5.74, 6) is -1.62. The van der Waals surface area contributed by atoms with E-state index in [1.54, 1.807) is 29.2 Å². The lowest BCUT2D eigenvalue weighted by Crippen LogP contribution is -2.55. The van der Waals surface area contributed by atoms with Gasteiger partial charge in [0.2, 0.25) is 5.91 Å². The van der Waals surface area contributed by atoms with Crippen molar-refractivity contribution in [2.24, 2.45) is 0 Å². The van der Waals surface area contributed by atoms with Crippen molar-refractivity contribution in [2.45, 2.75) is 18.9 Å². The zero-order chi connectivity index (χ0) is 21.2.